The number of rotatable bonds is 2. The zero-order valence-electron chi connectivity index (χ0n) is 15.7. The Hall–Kier alpha value is -2.41. The number of hydrogen-bond donors (Lipinski definition) is 0. The summed E-state index contributed by atoms with van der Waals surface area (Å²) in [7, 11) is 0. The highest BCUT2D eigenvalue weighted by Crippen LogP contribution is 2.51. The molecule has 7 nitrogen and oxygen atoms in total. The van der Waals surface area contributed by atoms with Gasteiger partial charge in [-0.05, 0) is 39.3 Å². The van der Waals surface area contributed by atoms with Crippen LogP contribution in [0, 0.1) is 5.92 Å². The molecule has 0 radical (unpaired) electrons. The number of fused-ring (bicyclic) bond motifs is 4. The van der Waals surface area contributed by atoms with Crippen LogP contribution in [0.3, 0.4) is 0 Å². The van der Waals surface area contributed by atoms with Gasteiger partial charge in [0.05, 0.1) is 12.5 Å². The third kappa shape index (κ3) is 2.64. The van der Waals surface area contributed by atoms with E-state index in [4.69, 9.17) is 18.9 Å². The molecule has 5 atom stereocenters. The van der Waals surface area contributed by atoms with Gasteiger partial charge in [0.2, 0.25) is 5.78 Å². The maximum Gasteiger partial charge on any atom is 0.342 e. The molecule has 4 heterocycles. The topological polar surface area (TPSA) is 91.4 Å². The van der Waals surface area contributed by atoms with Crippen molar-refractivity contribution in [2.75, 3.05) is 6.61 Å². The standard InChI is InChI=1S/C20H22O7/c1-5-10(2)17(22)25-14-8-19(4)15(21)7-12(27-19)11(3)6-13-16(14)20(9-24-20)18(23)26-13/h5-7,13-14,16H,8-9H2,1-4H3. The molecule has 0 aromatic carbocycles. The highest BCUT2D eigenvalue weighted by Gasteiger charge is 2.70. The number of esters is 2. The third-order valence-electron chi connectivity index (χ3n) is 5.86. The highest BCUT2D eigenvalue weighted by atomic mass is 16.7. The number of carbonyl (C=O) groups is 3. The lowest BCUT2D eigenvalue weighted by Gasteiger charge is -2.32. The van der Waals surface area contributed by atoms with Crippen molar-refractivity contribution in [2.45, 2.75) is 57.5 Å². The molecule has 2 saturated heterocycles. The molecule has 4 rings (SSSR count). The SMILES string of the molecule is CC=C(C)C(=O)OC1CC2(C)OC(=CC2=O)C(C)=CC2OC(=O)C3(CO3)C21. The van der Waals surface area contributed by atoms with Crippen LogP contribution < -0.4 is 0 Å². The van der Waals surface area contributed by atoms with Crippen LogP contribution in [0.4, 0.5) is 0 Å². The van der Waals surface area contributed by atoms with Crippen molar-refractivity contribution in [1.29, 1.82) is 0 Å². The summed E-state index contributed by atoms with van der Waals surface area (Å²) in [5.41, 5.74) is -1.15. The first-order chi connectivity index (χ1) is 12.7. The molecule has 0 amide bonds. The summed E-state index contributed by atoms with van der Waals surface area (Å²) in [6.45, 7) is 7.07. The lowest BCUT2D eigenvalue weighted by atomic mass is 9.79. The minimum absolute atomic E-state index is 0.110. The summed E-state index contributed by atoms with van der Waals surface area (Å²) < 4.78 is 22.8. The maximum atomic E-state index is 12.6. The van der Waals surface area contributed by atoms with E-state index in [2.05, 4.69) is 0 Å². The van der Waals surface area contributed by atoms with Gasteiger partial charge in [0, 0.05) is 18.1 Å². The van der Waals surface area contributed by atoms with Crippen molar-refractivity contribution in [3.8, 4) is 0 Å². The van der Waals surface area contributed by atoms with Crippen LogP contribution >= 0.6 is 0 Å². The van der Waals surface area contributed by atoms with Crippen LogP contribution in [0.2, 0.25) is 0 Å². The minimum Gasteiger partial charge on any atom is -0.479 e. The van der Waals surface area contributed by atoms with Gasteiger partial charge in [-0.1, -0.05) is 6.08 Å². The van der Waals surface area contributed by atoms with Gasteiger partial charge in [-0.2, -0.15) is 0 Å². The lowest BCUT2D eigenvalue weighted by Crippen LogP contribution is -2.46. The Morgan fingerprint density at radius 3 is 2.70 bits per heavy atom. The predicted octanol–water partition coefficient (Wildman–Crippen LogP) is 1.77. The molecular formula is C20H22O7. The highest BCUT2D eigenvalue weighted by molar-refractivity contribution is 6.00. The number of ether oxygens (including phenoxy) is 4. The van der Waals surface area contributed by atoms with Gasteiger partial charge < -0.3 is 18.9 Å². The Morgan fingerprint density at radius 2 is 2.07 bits per heavy atom. The van der Waals surface area contributed by atoms with E-state index in [0.29, 0.717) is 16.9 Å². The Bertz CT molecular complexity index is 829. The fourth-order valence-electron chi connectivity index (χ4n) is 3.97. The van der Waals surface area contributed by atoms with E-state index in [1.165, 1.54) is 6.08 Å². The number of allylic oxidation sites excluding steroid dienone is 2. The first-order valence-electron chi connectivity index (χ1n) is 9.03. The second-order valence-corrected chi connectivity index (χ2v) is 7.75. The summed E-state index contributed by atoms with van der Waals surface area (Å²) >= 11 is 0. The molecule has 5 unspecified atom stereocenters. The first-order valence-corrected chi connectivity index (χ1v) is 9.03. The average molecular weight is 374 g/mol. The summed E-state index contributed by atoms with van der Waals surface area (Å²) in [5, 5.41) is 0. The Balaban J connectivity index is 1.78. The molecule has 0 N–H and O–H groups in total. The third-order valence-corrected chi connectivity index (χ3v) is 5.86. The van der Waals surface area contributed by atoms with Gasteiger partial charge in [0.25, 0.3) is 0 Å². The molecule has 0 aromatic rings. The zero-order chi connectivity index (χ0) is 19.6. The Labute approximate surface area is 157 Å². The lowest BCUT2D eigenvalue weighted by molar-refractivity contribution is -0.155. The minimum atomic E-state index is -1.17. The number of epoxide rings is 1. The number of carbonyl (C=O) groups excluding carboxylic acids is 3. The molecule has 2 fully saturated rings. The predicted molar refractivity (Wildman–Crippen MR) is 92.3 cm³/mol. The molecule has 0 aromatic heterocycles. The summed E-state index contributed by atoms with van der Waals surface area (Å²) in [4.78, 5) is 37.5. The van der Waals surface area contributed by atoms with Crippen molar-refractivity contribution in [3.05, 3.63) is 35.1 Å². The van der Waals surface area contributed by atoms with Crippen molar-refractivity contribution < 1.29 is 33.3 Å². The monoisotopic (exact) mass is 374 g/mol. The smallest absolute Gasteiger partial charge is 0.342 e. The molecule has 4 aliphatic heterocycles. The molecule has 2 bridgehead atoms. The molecule has 0 saturated carbocycles. The fourth-order valence-corrected chi connectivity index (χ4v) is 3.97. The van der Waals surface area contributed by atoms with Crippen molar-refractivity contribution >= 4 is 17.7 Å². The molecule has 4 aliphatic rings. The van der Waals surface area contributed by atoms with Gasteiger partial charge in [0.15, 0.2) is 11.2 Å². The van der Waals surface area contributed by atoms with Gasteiger partial charge in [-0.15, -0.1) is 0 Å². The van der Waals surface area contributed by atoms with E-state index >= 15 is 0 Å². The van der Waals surface area contributed by atoms with Crippen molar-refractivity contribution in [1.82, 2.24) is 0 Å². The van der Waals surface area contributed by atoms with Gasteiger partial charge in [0.1, 0.15) is 18.0 Å². The second-order valence-electron chi connectivity index (χ2n) is 7.75. The number of ketones is 1. The Morgan fingerprint density at radius 1 is 1.37 bits per heavy atom. The maximum absolute atomic E-state index is 12.6. The molecule has 1 spiro atoms. The Kier molecular flexibility index (Phi) is 3.86. The quantitative estimate of drug-likeness (QED) is 0.413. The average Bonchev–Trinajstić information content (AvgIpc) is 3.27. The van der Waals surface area contributed by atoms with E-state index in [-0.39, 0.29) is 18.8 Å². The van der Waals surface area contributed by atoms with E-state index in [9.17, 15) is 14.4 Å². The van der Waals surface area contributed by atoms with Gasteiger partial charge in [-0.25, -0.2) is 9.59 Å². The van der Waals surface area contributed by atoms with Crippen LogP contribution in [0.25, 0.3) is 0 Å². The van der Waals surface area contributed by atoms with E-state index in [1.807, 2.05) is 0 Å². The molecule has 144 valence electrons. The molecular weight excluding hydrogens is 352 g/mol. The second kappa shape index (κ2) is 5.79. The fraction of sp³-hybridized carbons (Fsp3) is 0.550. The largest absolute Gasteiger partial charge is 0.479 e. The summed E-state index contributed by atoms with van der Waals surface area (Å²) in [6.07, 6.45) is 3.55. The van der Waals surface area contributed by atoms with Crippen LogP contribution in [0.15, 0.2) is 35.1 Å². The van der Waals surface area contributed by atoms with Crippen LogP contribution in [-0.4, -0.2) is 47.7 Å². The van der Waals surface area contributed by atoms with Crippen LogP contribution in [-0.2, 0) is 33.3 Å². The summed E-state index contributed by atoms with van der Waals surface area (Å²) in [5.74, 6) is -1.24. The van der Waals surface area contributed by atoms with Crippen LogP contribution in [0.5, 0.6) is 0 Å². The van der Waals surface area contributed by atoms with Crippen molar-refractivity contribution in [2.24, 2.45) is 5.92 Å². The normalized spacial score (nSPS) is 40.1. The van der Waals surface area contributed by atoms with E-state index < -0.39 is 41.3 Å². The van der Waals surface area contributed by atoms with Crippen molar-refractivity contribution in [3.63, 3.8) is 0 Å². The first kappa shape index (κ1) is 18.0. The van der Waals surface area contributed by atoms with Crippen LogP contribution in [0.1, 0.15) is 34.1 Å². The van der Waals surface area contributed by atoms with Gasteiger partial charge >= 0.3 is 11.9 Å². The van der Waals surface area contributed by atoms with E-state index in [1.54, 1.807) is 39.8 Å². The van der Waals surface area contributed by atoms with Gasteiger partial charge in [-0.3, -0.25) is 4.79 Å². The molecule has 0 aliphatic carbocycles. The molecule has 27 heavy (non-hydrogen) atoms. The summed E-state index contributed by atoms with van der Waals surface area (Å²) in [6, 6.07) is 0. The van der Waals surface area contributed by atoms with E-state index in [0.717, 1.165) is 0 Å². The molecule has 7 heteroatoms. The number of hydrogen-bond acceptors (Lipinski definition) is 7. The zero-order valence-corrected chi connectivity index (χ0v) is 15.7.